The van der Waals surface area contributed by atoms with Gasteiger partial charge in [-0.3, -0.25) is 23.6 Å². The Bertz CT molecular complexity index is 1220. The molecule has 31 heavy (non-hydrogen) atoms. The molecular weight excluding hydrogens is 460 g/mol. The smallest absolute Gasteiger partial charge is 0.230 e. The second kappa shape index (κ2) is 7.46. The van der Waals surface area contributed by atoms with Crippen LogP contribution >= 0.6 is 33.5 Å². The summed E-state index contributed by atoms with van der Waals surface area (Å²) in [7, 11) is -2.66. The van der Waals surface area contributed by atoms with E-state index in [1.165, 1.54) is 16.2 Å². The number of halogens is 1. The highest BCUT2D eigenvalue weighted by atomic mass is 35.5. The zero-order valence-electron chi connectivity index (χ0n) is 16.3. The van der Waals surface area contributed by atoms with Gasteiger partial charge in [0.25, 0.3) is 0 Å². The molecule has 0 unspecified atom stereocenters. The second-order valence-electron chi connectivity index (χ2n) is 7.75. The van der Waals surface area contributed by atoms with Gasteiger partial charge in [0.2, 0.25) is 11.8 Å². The fourth-order valence-corrected chi connectivity index (χ4v) is 7.56. The third-order valence-corrected chi connectivity index (χ3v) is 9.02. The summed E-state index contributed by atoms with van der Waals surface area (Å²) in [4.78, 5) is 31.7. The molecule has 3 aromatic rings. The molecule has 1 fully saturated rings. The lowest BCUT2D eigenvalue weighted by Gasteiger charge is -2.35. The predicted molar refractivity (Wildman–Crippen MR) is 122 cm³/mol. The number of aromatic nitrogens is 1. The summed E-state index contributed by atoms with van der Waals surface area (Å²) in [6, 6.07) is 6.65. The fourth-order valence-electron chi connectivity index (χ4n) is 4.14. The van der Waals surface area contributed by atoms with Gasteiger partial charge >= 0.3 is 0 Å². The van der Waals surface area contributed by atoms with Crippen LogP contribution in [0.25, 0.3) is 21.3 Å². The van der Waals surface area contributed by atoms with Gasteiger partial charge in [0.15, 0.2) is 0 Å². The number of thiophene rings is 1. The Labute approximate surface area is 188 Å². The van der Waals surface area contributed by atoms with Crippen LogP contribution in [0.5, 0.6) is 5.75 Å². The number of carbonyl (C=O) groups excluding carboxylic acids is 2. The van der Waals surface area contributed by atoms with Crippen molar-refractivity contribution in [3.63, 3.8) is 0 Å². The molecule has 3 N–H and O–H groups in total. The number of imide groups is 1. The van der Waals surface area contributed by atoms with Crippen LogP contribution in [0.2, 0.25) is 5.02 Å². The van der Waals surface area contributed by atoms with Gasteiger partial charge in [-0.1, -0.05) is 23.7 Å². The van der Waals surface area contributed by atoms with Crippen molar-refractivity contribution in [2.75, 3.05) is 5.75 Å². The van der Waals surface area contributed by atoms with Gasteiger partial charge in [-0.2, -0.15) is 10.6 Å². The van der Waals surface area contributed by atoms with Crippen LogP contribution in [-0.4, -0.2) is 41.7 Å². The Kier molecular flexibility index (Phi) is 4.98. The van der Waals surface area contributed by atoms with Gasteiger partial charge in [0.1, 0.15) is 10.6 Å². The standard InChI is InChI=1S/C21H19ClN2O5S2/c22-20-14(9-24-16(26)5-6-17(24)27)23-21-19(18(20)11-1-3-12(25)4-2-11)13-7-8-31(28,29)10-15(13)30-21/h1-4,25,28-29H,5-10H2. The monoisotopic (exact) mass is 478 g/mol. The number of aromatic hydroxyl groups is 1. The maximum absolute atomic E-state index is 12.1. The molecule has 0 aliphatic carbocycles. The number of phenols is 1. The SMILES string of the molecule is O=C1CCC(=O)N1Cc1nc2sc3c(c2c(-c2ccc(O)cc2)c1Cl)CCS(O)(O)C3. The number of rotatable bonds is 3. The molecule has 0 spiro atoms. The van der Waals surface area contributed by atoms with Crippen molar-refractivity contribution in [1.82, 2.24) is 9.88 Å². The Morgan fingerprint density at radius 3 is 2.45 bits per heavy atom. The van der Waals surface area contributed by atoms with Crippen LogP contribution in [0.1, 0.15) is 29.0 Å². The zero-order chi connectivity index (χ0) is 21.9. The molecule has 1 saturated heterocycles. The van der Waals surface area contributed by atoms with E-state index < -0.39 is 10.6 Å². The van der Waals surface area contributed by atoms with E-state index in [0.29, 0.717) is 22.0 Å². The largest absolute Gasteiger partial charge is 0.508 e. The molecule has 0 bridgehead atoms. The lowest BCUT2D eigenvalue weighted by Crippen LogP contribution is -2.29. The highest BCUT2D eigenvalue weighted by Crippen LogP contribution is 2.53. The topological polar surface area (TPSA) is 111 Å². The van der Waals surface area contributed by atoms with Crippen molar-refractivity contribution in [2.45, 2.75) is 31.6 Å². The Balaban J connectivity index is 1.73. The zero-order valence-corrected chi connectivity index (χ0v) is 18.7. The predicted octanol–water partition coefficient (Wildman–Crippen LogP) is 4.78. The molecular formula is C21H19ClN2O5S2. The molecule has 2 aliphatic rings. The minimum atomic E-state index is -2.66. The van der Waals surface area contributed by atoms with Crippen molar-refractivity contribution < 1.29 is 23.8 Å². The molecule has 2 aliphatic heterocycles. The summed E-state index contributed by atoms with van der Waals surface area (Å²) >= 11 is 8.22. The molecule has 0 atom stereocenters. The van der Waals surface area contributed by atoms with E-state index in [0.717, 1.165) is 27.0 Å². The van der Waals surface area contributed by atoms with Gasteiger partial charge in [-0.25, -0.2) is 4.98 Å². The minimum absolute atomic E-state index is 0.00468. The van der Waals surface area contributed by atoms with Crippen LogP contribution in [0, 0.1) is 0 Å². The van der Waals surface area contributed by atoms with Crippen molar-refractivity contribution in [1.29, 1.82) is 0 Å². The number of benzene rings is 1. The molecule has 2 amide bonds. The second-order valence-corrected chi connectivity index (χ2v) is 11.5. The van der Waals surface area contributed by atoms with Crippen LogP contribution in [0.4, 0.5) is 0 Å². The molecule has 4 heterocycles. The number of carbonyl (C=O) groups is 2. The number of pyridine rings is 1. The number of amides is 2. The molecule has 7 nitrogen and oxygen atoms in total. The summed E-state index contributed by atoms with van der Waals surface area (Å²) in [5.74, 6) is 0.118. The first-order chi connectivity index (χ1) is 14.7. The van der Waals surface area contributed by atoms with E-state index in [1.807, 2.05) is 0 Å². The Morgan fingerprint density at radius 1 is 1.10 bits per heavy atom. The highest BCUT2D eigenvalue weighted by Gasteiger charge is 2.32. The Hall–Kier alpha value is -2.17. The number of aryl methyl sites for hydroxylation is 1. The van der Waals surface area contributed by atoms with Gasteiger partial charge in [0.05, 0.1) is 23.0 Å². The van der Waals surface area contributed by atoms with Gasteiger partial charge in [-0.15, -0.1) is 11.3 Å². The third kappa shape index (κ3) is 3.60. The lowest BCUT2D eigenvalue weighted by molar-refractivity contribution is -0.139. The molecule has 10 heteroatoms. The van der Waals surface area contributed by atoms with Crippen LogP contribution < -0.4 is 0 Å². The maximum atomic E-state index is 12.1. The Morgan fingerprint density at radius 2 is 1.77 bits per heavy atom. The van der Waals surface area contributed by atoms with E-state index in [2.05, 4.69) is 0 Å². The first kappa shape index (κ1) is 20.7. The number of fused-ring (bicyclic) bond motifs is 3. The van der Waals surface area contributed by atoms with Gasteiger partial charge < -0.3 is 5.11 Å². The van der Waals surface area contributed by atoms with Crippen molar-refractivity contribution in [3.8, 4) is 16.9 Å². The quantitative estimate of drug-likeness (QED) is 0.467. The summed E-state index contributed by atoms with van der Waals surface area (Å²) in [6.45, 7) is -0.00468. The average Bonchev–Trinajstić information content (AvgIpc) is 3.22. The summed E-state index contributed by atoms with van der Waals surface area (Å²) in [5, 5.41) is 10.9. The van der Waals surface area contributed by atoms with E-state index in [4.69, 9.17) is 16.6 Å². The average molecular weight is 479 g/mol. The van der Waals surface area contributed by atoms with E-state index in [1.54, 1.807) is 24.3 Å². The lowest BCUT2D eigenvalue weighted by atomic mass is 9.97. The molecule has 5 rings (SSSR count). The van der Waals surface area contributed by atoms with Crippen LogP contribution in [0.3, 0.4) is 0 Å². The first-order valence-corrected chi connectivity index (χ1v) is 12.8. The number of nitrogens with zero attached hydrogens (tertiary/aromatic N) is 2. The van der Waals surface area contributed by atoms with Crippen molar-refractivity contribution in [3.05, 3.63) is 45.4 Å². The molecule has 1 aromatic carbocycles. The van der Waals surface area contributed by atoms with Crippen molar-refractivity contribution in [2.24, 2.45) is 0 Å². The number of likely N-dealkylation sites (tertiary alicyclic amines) is 1. The minimum Gasteiger partial charge on any atom is -0.508 e. The number of hydrogen-bond acceptors (Lipinski definition) is 7. The van der Waals surface area contributed by atoms with Crippen LogP contribution in [-0.2, 0) is 28.3 Å². The summed E-state index contributed by atoms with van der Waals surface area (Å²) < 4.78 is 20.4. The first-order valence-electron chi connectivity index (χ1n) is 9.72. The normalized spacial score (nSPS) is 19.1. The summed E-state index contributed by atoms with van der Waals surface area (Å²) in [6.07, 6.45) is 0.881. The number of hydrogen-bond donors (Lipinski definition) is 3. The van der Waals surface area contributed by atoms with Crippen molar-refractivity contribution >= 4 is 55.6 Å². The molecule has 2 aromatic heterocycles. The van der Waals surface area contributed by atoms with Crippen LogP contribution in [0.15, 0.2) is 24.3 Å². The third-order valence-electron chi connectivity index (χ3n) is 5.69. The summed E-state index contributed by atoms with van der Waals surface area (Å²) in [5.41, 5.74) is 2.92. The molecule has 162 valence electrons. The number of phenolic OH excluding ortho intramolecular Hbond substituents is 1. The maximum Gasteiger partial charge on any atom is 0.230 e. The molecule has 0 radical (unpaired) electrons. The highest BCUT2D eigenvalue weighted by molar-refractivity contribution is 8.23. The fraction of sp³-hybridized carbons (Fsp3) is 0.286. The van der Waals surface area contributed by atoms with E-state index in [-0.39, 0.29) is 48.5 Å². The van der Waals surface area contributed by atoms with E-state index in [9.17, 15) is 23.8 Å². The van der Waals surface area contributed by atoms with Gasteiger partial charge in [0, 0.05) is 34.4 Å². The van der Waals surface area contributed by atoms with E-state index >= 15 is 0 Å². The van der Waals surface area contributed by atoms with Gasteiger partial charge in [-0.05, 0) is 29.7 Å². The molecule has 0 saturated carbocycles.